The number of halogens is 2. The number of carbonyl (C=O) groups excluding carboxylic acids is 1. The van der Waals surface area contributed by atoms with Crippen LogP contribution in [0.5, 0.6) is 0 Å². The van der Waals surface area contributed by atoms with Gasteiger partial charge in [0.15, 0.2) is 0 Å². The number of hydrogen-bond acceptors (Lipinski definition) is 4. The molecule has 2 heterocycles. The smallest absolute Gasteiger partial charge is 0.316 e. The van der Waals surface area contributed by atoms with Crippen LogP contribution in [-0.2, 0) is 14.9 Å². The summed E-state index contributed by atoms with van der Waals surface area (Å²) in [6.45, 7) is 3.84. The number of piperidine rings is 1. The van der Waals surface area contributed by atoms with Crippen LogP contribution in [0.4, 0.5) is 0 Å². The fourth-order valence-corrected chi connectivity index (χ4v) is 2.50. The minimum absolute atomic E-state index is 0. The molecule has 1 saturated heterocycles. The molecule has 1 N–H and O–H groups in total. The Hall–Kier alpha value is -0.840. The van der Waals surface area contributed by atoms with E-state index in [9.17, 15) is 4.79 Å². The first-order valence-electron chi connectivity index (χ1n) is 6.19. The van der Waals surface area contributed by atoms with Crippen LogP contribution in [0.2, 0.25) is 5.15 Å². The average Bonchev–Trinajstić information content (AvgIpc) is 2.40. The highest BCUT2D eigenvalue weighted by Crippen LogP contribution is 2.34. The monoisotopic (exact) mass is 304 g/mol. The van der Waals surface area contributed by atoms with Gasteiger partial charge in [-0.1, -0.05) is 17.7 Å². The zero-order valence-electron chi connectivity index (χ0n) is 10.8. The van der Waals surface area contributed by atoms with Crippen molar-refractivity contribution in [3.05, 3.63) is 29.0 Å². The Kier molecular flexibility index (Phi) is 6.04. The Morgan fingerprint density at radius 1 is 1.47 bits per heavy atom. The van der Waals surface area contributed by atoms with Crippen molar-refractivity contribution < 1.29 is 9.53 Å². The maximum absolute atomic E-state index is 12.3. The number of hydrogen-bond donors (Lipinski definition) is 1. The molecule has 0 atom stereocenters. The zero-order chi connectivity index (χ0) is 13.0. The molecule has 6 heteroatoms. The molecule has 1 aliphatic heterocycles. The lowest BCUT2D eigenvalue weighted by molar-refractivity contribution is -0.151. The van der Waals surface area contributed by atoms with Gasteiger partial charge in [0.05, 0.1) is 12.0 Å². The summed E-state index contributed by atoms with van der Waals surface area (Å²) in [7, 11) is 0. The van der Waals surface area contributed by atoms with Crippen LogP contribution in [0.25, 0.3) is 0 Å². The quantitative estimate of drug-likeness (QED) is 0.688. The number of aromatic nitrogens is 1. The minimum Gasteiger partial charge on any atom is -0.465 e. The van der Waals surface area contributed by atoms with Gasteiger partial charge in [0.25, 0.3) is 0 Å². The van der Waals surface area contributed by atoms with Gasteiger partial charge in [0.1, 0.15) is 5.15 Å². The molecule has 19 heavy (non-hydrogen) atoms. The van der Waals surface area contributed by atoms with Crippen molar-refractivity contribution in [2.45, 2.75) is 25.2 Å². The van der Waals surface area contributed by atoms with Crippen LogP contribution >= 0.6 is 24.0 Å². The van der Waals surface area contributed by atoms with E-state index in [1.165, 1.54) is 0 Å². The predicted molar refractivity (Wildman–Crippen MR) is 76.9 cm³/mol. The highest BCUT2D eigenvalue weighted by Gasteiger charge is 2.42. The van der Waals surface area contributed by atoms with E-state index in [0.29, 0.717) is 11.8 Å². The first-order valence-corrected chi connectivity index (χ1v) is 6.57. The number of esters is 1. The summed E-state index contributed by atoms with van der Waals surface area (Å²) in [5.74, 6) is -0.157. The Labute approximate surface area is 124 Å². The van der Waals surface area contributed by atoms with Crippen LogP contribution in [0.15, 0.2) is 18.3 Å². The maximum atomic E-state index is 12.3. The van der Waals surface area contributed by atoms with Crippen LogP contribution in [0, 0.1) is 0 Å². The van der Waals surface area contributed by atoms with E-state index < -0.39 is 5.41 Å². The van der Waals surface area contributed by atoms with Crippen molar-refractivity contribution in [3.63, 3.8) is 0 Å². The van der Waals surface area contributed by atoms with Crippen molar-refractivity contribution in [3.8, 4) is 0 Å². The van der Waals surface area contributed by atoms with Gasteiger partial charge in [-0.2, -0.15) is 0 Å². The van der Waals surface area contributed by atoms with E-state index in [4.69, 9.17) is 16.3 Å². The second-order valence-corrected chi connectivity index (χ2v) is 4.81. The van der Waals surface area contributed by atoms with Crippen molar-refractivity contribution in [1.29, 1.82) is 0 Å². The second kappa shape index (κ2) is 7.08. The molecule has 4 nitrogen and oxygen atoms in total. The summed E-state index contributed by atoms with van der Waals surface area (Å²) in [5, 5.41) is 3.70. The molecule has 0 saturated carbocycles. The highest BCUT2D eigenvalue weighted by molar-refractivity contribution is 6.29. The number of nitrogens with one attached hydrogen (secondary N) is 1. The van der Waals surface area contributed by atoms with E-state index in [1.807, 2.05) is 13.0 Å². The third kappa shape index (κ3) is 3.38. The van der Waals surface area contributed by atoms with Gasteiger partial charge in [-0.05, 0) is 44.5 Å². The third-order valence-corrected chi connectivity index (χ3v) is 3.63. The molecule has 0 aliphatic carbocycles. The first kappa shape index (κ1) is 16.2. The second-order valence-electron chi connectivity index (χ2n) is 4.42. The van der Waals surface area contributed by atoms with E-state index in [1.54, 1.807) is 12.3 Å². The van der Waals surface area contributed by atoms with Crippen LogP contribution in [-0.4, -0.2) is 30.6 Å². The summed E-state index contributed by atoms with van der Waals surface area (Å²) in [6, 6.07) is 3.59. The molecule has 0 radical (unpaired) electrons. The molecule has 2 rings (SSSR count). The Bertz CT molecular complexity index is 417. The lowest BCUT2D eigenvalue weighted by atomic mass is 9.74. The van der Waals surface area contributed by atoms with Crippen LogP contribution in [0.3, 0.4) is 0 Å². The normalized spacial score (nSPS) is 17.4. The zero-order valence-corrected chi connectivity index (χ0v) is 12.4. The summed E-state index contributed by atoms with van der Waals surface area (Å²) in [6.07, 6.45) is 3.15. The van der Waals surface area contributed by atoms with Gasteiger partial charge in [0.2, 0.25) is 0 Å². The highest BCUT2D eigenvalue weighted by atomic mass is 35.5. The minimum atomic E-state index is -0.571. The summed E-state index contributed by atoms with van der Waals surface area (Å²) in [5.41, 5.74) is 0.325. The molecule has 0 amide bonds. The summed E-state index contributed by atoms with van der Waals surface area (Å²) >= 11 is 5.80. The van der Waals surface area contributed by atoms with Gasteiger partial charge >= 0.3 is 5.97 Å². The topological polar surface area (TPSA) is 51.2 Å². The van der Waals surface area contributed by atoms with Gasteiger partial charge in [0, 0.05) is 6.20 Å². The molecule has 106 valence electrons. The maximum Gasteiger partial charge on any atom is 0.316 e. The SMILES string of the molecule is CCOC(=O)C1(c2ccc(Cl)nc2)CCNCC1.Cl. The molecular weight excluding hydrogens is 287 g/mol. The van der Waals surface area contributed by atoms with Gasteiger partial charge in [-0.3, -0.25) is 4.79 Å². The number of ether oxygens (including phenoxy) is 1. The lowest BCUT2D eigenvalue weighted by Gasteiger charge is -2.35. The molecule has 1 aromatic rings. The molecule has 0 unspecified atom stereocenters. The fourth-order valence-electron chi connectivity index (χ4n) is 2.39. The molecule has 0 spiro atoms. The van der Waals surface area contributed by atoms with E-state index >= 15 is 0 Å². The van der Waals surface area contributed by atoms with Gasteiger partial charge < -0.3 is 10.1 Å². The van der Waals surface area contributed by atoms with Crippen molar-refractivity contribution in [1.82, 2.24) is 10.3 Å². The largest absolute Gasteiger partial charge is 0.465 e. The number of nitrogens with zero attached hydrogens (tertiary/aromatic N) is 1. The van der Waals surface area contributed by atoms with Gasteiger partial charge in [-0.25, -0.2) is 4.98 Å². The average molecular weight is 305 g/mol. The lowest BCUT2D eigenvalue weighted by Crippen LogP contribution is -2.46. The van der Waals surface area contributed by atoms with Crippen molar-refractivity contribution in [2.75, 3.05) is 19.7 Å². The number of rotatable bonds is 3. The van der Waals surface area contributed by atoms with Crippen LogP contribution < -0.4 is 5.32 Å². The molecule has 1 aromatic heterocycles. The van der Waals surface area contributed by atoms with E-state index in [0.717, 1.165) is 31.5 Å². The van der Waals surface area contributed by atoms with Crippen molar-refractivity contribution in [2.24, 2.45) is 0 Å². The molecule has 0 bridgehead atoms. The molecule has 0 aromatic carbocycles. The van der Waals surface area contributed by atoms with Gasteiger partial charge in [-0.15, -0.1) is 12.4 Å². The third-order valence-electron chi connectivity index (χ3n) is 3.40. The molecule has 1 fully saturated rings. The number of carbonyl (C=O) groups is 1. The fraction of sp³-hybridized carbons (Fsp3) is 0.538. The van der Waals surface area contributed by atoms with E-state index in [-0.39, 0.29) is 18.4 Å². The first-order chi connectivity index (χ1) is 8.69. The van der Waals surface area contributed by atoms with Crippen LogP contribution in [0.1, 0.15) is 25.3 Å². The summed E-state index contributed by atoms with van der Waals surface area (Å²) < 4.78 is 5.24. The van der Waals surface area contributed by atoms with Crippen molar-refractivity contribution >= 4 is 30.0 Å². The standard InChI is InChI=1S/C13H17ClN2O2.ClH/c1-2-18-12(17)13(5-7-15-8-6-13)10-3-4-11(14)16-9-10;/h3-4,9,15H,2,5-8H2,1H3;1H. The Morgan fingerprint density at radius 2 is 2.16 bits per heavy atom. The predicted octanol–water partition coefficient (Wildman–Crippen LogP) is 2.34. The Morgan fingerprint density at radius 3 is 2.68 bits per heavy atom. The number of pyridine rings is 1. The Balaban J connectivity index is 0.00000180. The molecular formula is C13H18Cl2N2O2. The summed E-state index contributed by atoms with van der Waals surface area (Å²) in [4.78, 5) is 16.4. The van der Waals surface area contributed by atoms with E-state index in [2.05, 4.69) is 10.3 Å². The molecule has 1 aliphatic rings.